The highest BCUT2D eigenvalue weighted by Gasteiger charge is 2.44. The van der Waals surface area contributed by atoms with Gasteiger partial charge in [-0.2, -0.15) is 0 Å². The van der Waals surface area contributed by atoms with Crippen LogP contribution in [0, 0.1) is 0 Å². The summed E-state index contributed by atoms with van der Waals surface area (Å²) in [7, 11) is 1.35. The van der Waals surface area contributed by atoms with Crippen molar-refractivity contribution in [2.45, 2.75) is 37.6 Å². The minimum Gasteiger partial charge on any atom is -0.394 e. The van der Waals surface area contributed by atoms with Crippen LogP contribution in [-0.4, -0.2) is 65.6 Å². The first-order valence-corrected chi connectivity index (χ1v) is 4.93. The molecule has 0 radical (unpaired) electrons. The van der Waals surface area contributed by atoms with E-state index in [9.17, 15) is 15.0 Å². The summed E-state index contributed by atoms with van der Waals surface area (Å²) in [6.07, 6.45) is -4.35. The fourth-order valence-electron chi connectivity index (χ4n) is 1.67. The third-order valence-corrected chi connectivity index (χ3v) is 2.48. The van der Waals surface area contributed by atoms with Gasteiger partial charge in [0.05, 0.1) is 6.61 Å². The van der Waals surface area contributed by atoms with Crippen LogP contribution in [0.3, 0.4) is 0 Å². The smallest absolute Gasteiger partial charge is 0.217 e. The lowest BCUT2D eigenvalue weighted by atomic mass is 9.97. The van der Waals surface area contributed by atoms with Crippen LogP contribution >= 0.6 is 0 Å². The lowest BCUT2D eigenvalue weighted by molar-refractivity contribution is -0.262. The van der Waals surface area contributed by atoms with Gasteiger partial charge in [-0.25, -0.2) is 0 Å². The Kier molecular flexibility index (Phi) is 4.63. The predicted molar refractivity (Wildman–Crippen MR) is 52.4 cm³/mol. The molecule has 94 valence electrons. The van der Waals surface area contributed by atoms with E-state index in [2.05, 4.69) is 5.32 Å². The van der Waals surface area contributed by atoms with Gasteiger partial charge in [0.1, 0.15) is 24.4 Å². The topological polar surface area (TPSA) is 108 Å². The number of carbonyl (C=O) groups is 1. The zero-order chi connectivity index (χ0) is 12.3. The van der Waals surface area contributed by atoms with Gasteiger partial charge in [-0.05, 0) is 0 Å². The van der Waals surface area contributed by atoms with Crippen LogP contribution < -0.4 is 5.32 Å². The number of aliphatic hydroxyl groups is 3. The van der Waals surface area contributed by atoms with Crippen molar-refractivity contribution in [1.29, 1.82) is 0 Å². The molecule has 7 heteroatoms. The number of hydrogen-bond donors (Lipinski definition) is 4. The van der Waals surface area contributed by atoms with E-state index in [4.69, 9.17) is 14.6 Å². The van der Waals surface area contributed by atoms with Crippen LogP contribution in [0.25, 0.3) is 0 Å². The monoisotopic (exact) mass is 235 g/mol. The number of aliphatic hydroxyl groups excluding tert-OH is 3. The van der Waals surface area contributed by atoms with E-state index in [1.807, 2.05) is 0 Å². The molecule has 16 heavy (non-hydrogen) atoms. The molecule has 7 nitrogen and oxygen atoms in total. The van der Waals surface area contributed by atoms with Crippen LogP contribution in [0.1, 0.15) is 6.92 Å². The molecule has 0 aromatic heterocycles. The minimum atomic E-state index is -1.27. The van der Waals surface area contributed by atoms with Gasteiger partial charge in [-0.1, -0.05) is 0 Å². The van der Waals surface area contributed by atoms with Crippen molar-refractivity contribution in [2.24, 2.45) is 0 Å². The van der Waals surface area contributed by atoms with Crippen LogP contribution in [0.5, 0.6) is 0 Å². The molecule has 1 saturated heterocycles. The first kappa shape index (κ1) is 13.3. The van der Waals surface area contributed by atoms with Crippen molar-refractivity contribution in [3.63, 3.8) is 0 Å². The Hall–Kier alpha value is -0.730. The number of rotatable bonds is 3. The quantitative estimate of drug-likeness (QED) is 0.433. The lowest BCUT2D eigenvalue weighted by Crippen LogP contribution is -2.64. The Morgan fingerprint density at radius 3 is 2.50 bits per heavy atom. The van der Waals surface area contributed by atoms with Crippen molar-refractivity contribution in [3.05, 3.63) is 0 Å². The zero-order valence-electron chi connectivity index (χ0n) is 9.16. The number of ether oxygens (including phenoxy) is 2. The number of amides is 1. The lowest BCUT2D eigenvalue weighted by Gasteiger charge is -2.41. The zero-order valence-corrected chi connectivity index (χ0v) is 9.16. The molecule has 0 aliphatic carbocycles. The van der Waals surface area contributed by atoms with E-state index in [0.29, 0.717) is 0 Å². The van der Waals surface area contributed by atoms with Gasteiger partial charge in [-0.3, -0.25) is 4.79 Å². The van der Waals surface area contributed by atoms with Crippen LogP contribution in [0.2, 0.25) is 0 Å². The summed E-state index contributed by atoms with van der Waals surface area (Å²) >= 11 is 0. The van der Waals surface area contributed by atoms with E-state index < -0.39 is 37.3 Å². The molecule has 0 spiro atoms. The van der Waals surface area contributed by atoms with Crippen molar-refractivity contribution >= 4 is 5.91 Å². The number of nitrogens with one attached hydrogen (secondary N) is 1. The Labute approximate surface area is 93.0 Å². The average molecular weight is 235 g/mol. The van der Waals surface area contributed by atoms with E-state index in [0.717, 1.165) is 0 Å². The van der Waals surface area contributed by atoms with Crippen molar-refractivity contribution in [2.75, 3.05) is 13.7 Å². The Balaban J connectivity index is 2.77. The Morgan fingerprint density at radius 2 is 2.06 bits per heavy atom. The standard InChI is InChI=1S/C9H17NO6/c1-4(12)10-6-8(14)7(13)5(3-11)16-9(6)15-2/h5-9,11,13-14H,3H2,1-2H3,(H,10,12)/t5?,6?,7?,8?,9-/m1/s1. The number of carbonyl (C=O) groups excluding carboxylic acids is 1. The molecule has 0 saturated carbocycles. The van der Waals surface area contributed by atoms with Crippen molar-refractivity contribution in [1.82, 2.24) is 5.32 Å². The maximum atomic E-state index is 10.9. The number of methoxy groups -OCH3 is 1. The molecule has 1 aliphatic rings. The summed E-state index contributed by atoms with van der Waals surface area (Å²) in [5.41, 5.74) is 0. The van der Waals surface area contributed by atoms with E-state index in [1.54, 1.807) is 0 Å². The summed E-state index contributed by atoms with van der Waals surface area (Å²) in [5, 5.41) is 30.7. The SMILES string of the molecule is CO[C@@H]1OC(CO)C(O)C(O)C1NC(C)=O. The summed E-state index contributed by atoms with van der Waals surface area (Å²) in [6.45, 7) is 0.842. The highest BCUT2D eigenvalue weighted by atomic mass is 16.7. The summed E-state index contributed by atoms with van der Waals surface area (Å²) in [6, 6.07) is -0.861. The maximum absolute atomic E-state index is 10.9. The molecule has 1 fully saturated rings. The van der Waals surface area contributed by atoms with Gasteiger partial charge in [0, 0.05) is 14.0 Å². The molecule has 0 aromatic carbocycles. The van der Waals surface area contributed by atoms with Gasteiger partial charge in [0.2, 0.25) is 5.91 Å². The summed E-state index contributed by atoms with van der Waals surface area (Å²) < 4.78 is 10.1. The molecule has 1 amide bonds. The van der Waals surface area contributed by atoms with Crippen LogP contribution in [0.4, 0.5) is 0 Å². The second-order valence-electron chi connectivity index (χ2n) is 3.67. The number of hydrogen-bond acceptors (Lipinski definition) is 6. The largest absolute Gasteiger partial charge is 0.394 e. The molecular formula is C9H17NO6. The molecule has 0 aromatic rings. The van der Waals surface area contributed by atoms with Crippen LogP contribution in [0.15, 0.2) is 0 Å². The van der Waals surface area contributed by atoms with Crippen molar-refractivity contribution in [3.8, 4) is 0 Å². The van der Waals surface area contributed by atoms with Gasteiger partial charge < -0.3 is 30.1 Å². The predicted octanol–water partition coefficient (Wildman–Crippen LogP) is -2.42. The van der Waals surface area contributed by atoms with Gasteiger partial charge in [0.25, 0.3) is 0 Å². The molecule has 5 atom stereocenters. The highest BCUT2D eigenvalue weighted by Crippen LogP contribution is 2.21. The molecule has 4 unspecified atom stereocenters. The molecule has 1 heterocycles. The van der Waals surface area contributed by atoms with E-state index >= 15 is 0 Å². The molecular weight excluding hydrogens is 218 g/mol. The maximum Gasteiger partial charge on any atom is 0.217 e. The Morgan fingerprint density at radius 1 is 1.44 bits per heavy atom. The second kappa shape index (κ2) is 5.55. The Bertz CT molecular complexity index is 246. The highest BCUT2D eigenvalue weighted by molar-refractivity contribution is 5.73. The minimum absolute atomic E-state index is 0.371. The van der Waals surface area contributed by atoms with E-state index in [1.165, 1.54) is 14.0 Å². The summed E-state index contributed by atoms with van der Waals surface area (Å²) in [5.74, 6) is -0.371. The molecule has 0 bridgehead atoms. The van der Waals surface area contributed by atoms with Gasteiger partial charge >= 0.3 is 0 Å². The molecule has 1 rings (SSSR count). The van der Waals surface area contributed by atoms with Gasteiger partial charge in [-0.15, -0.1) is 0 Å². The van der Waals surface area contributed by atoms with E-state index in [-0.39, 0.29) is 5.91 Å². The van der Waals surface area contributed by atoms with Gasteiger partial charge in [0.15, 0.2) is 6.29 Å². The van der Waals surface area contributed by atoms with Crippen molar-refractivity contribution < 1.29 is 29.6 Å². The molecule has 4 N–H and O–H groups in total. The molecule has 1 aliphatic heterocycles. The normalized spacial score (nSPS) is 39.4. The fourth-order valence-corrected chi connectivity index (χ4v) is 1.67. The third-order valence-electron chi connectivity index (χ3n) is 2.48. The van der Waals surface area contributed by atoms with Crippen LogP contribution in [-0.2, 0) is 14.3 Å². The second-order valence-corrected chi connectivity index (χ2v) is 3.67. The fraction of sp³-hybridized carbons (Fsp3) is 0.889. The summed E-state index contributed by atoms with van der Waals surface area (Å²) in [4.78, 5) is 10.9. The first-order chi connectivity index (χ1) is 7.51. The first-order valence-electron chi connectivity index (χ1n) is 4.93. The average Bonchev–Trinajstić information content (AvgIpc) is 2.25. The third kappa shape index (κ3) is 2.69.